The van der Waals surface area contributed by atoms with Crippen molar-refractivity contribution in [1.82, 2.24) is 15.2 Å². The van der Waals surface area contributed by atoms with Gasteiger partial charge in [-0.2, -0.15) is 5.10 Å². The van der Waals surface area contributed by atoms with E-state index in [-0.39, 0.29) is 5.91 Å². The highest BCUT2D eigenvalue weighted by Gasteiger charge is 2.01. The Balaban J connectivity index is 1.63. The molecule has 2 heterocycles. The fourth-order valence-corrected chi connectivity index (χ4v) is 1.98. The second-order valence-electron chi connectivity index (χ2n) is 4.66. The Morgan fingerprint density at radius 3 is 2.64 bits per heavy atom. The first kappa shape index (κ1) is 13.8. The average Bonchev–Trinajstić information content (AvgIpc) is 3.09. The van der Waals surface area contributed by atoms with Crippen LogP contribution in [0.15, 0.2) is 67.1 Å². The number of hydrogen-bond acceptors (Lipinski definition) is 3. The van der Waals surface area contributed by atoms with Crippen molar-refractivity contribution in [3.05, 3.63) is 72.7 Å². The Kier molecular flexibility index (Phi) is 4.06. The zero-order valence-electron chi connectivity index (χ0n) is 11.7. The number of nitrogens with one attached hydrogen (secondary N) is 2. The molecule has 2 aromatic heterocycles. The van der Waals surface area contributed by atoms with Gasteiger partial charge in [0.05, 0.1) is 5.69 Å². The van der Waals surface area contributed by atoms with Crippen molar-refractivity contribution in [1.29, 1.82) is 0 Å². The van der Waals surface area contributed by atoms with Gasteiger partial charge in [-0.1, -0.05) is 18.2 Å². The van der Waals surface area contributed by atoms with Crippen molar-refractivity contribution < 1.29 is 4.79 Å². The van der Waals surface area contributed by atoms with E-state index >= 15 is 0 Å². The van der Waals surface area contributed by atoms with Gasteiger partial charge >= 0.3 is 0 Å². The van der Waals surface area contributed by atoms with Crippen LogP contribution in [-0.2, 0) is 4.79 Å². The highest BCUT2D eigenvalue weighted by atomic mass is 16.1. The lowest BCUT2D eigenvalue weighted by Gasteiger charge is -2.03. The number of anilines is 1. The summed E-state index contributed by atoms with van der Waals surface area (Å²) in [6.45, 7) is 0. The van der Waals surface area contributed by atoms with Crippen LogP contribution in [0.5, 0.6) is 0 Å². The minimum absolute atomic E-state index is 0.182. The number of pyridine rings is 1. The van der Waals surface area contributed by atoms with E-state index in [9.17, 15) is 4.79 Å². The van der Waals surface area contributed by atoms with E-state index in [2.05, 4.69) is 20.5 Å². The third kappa shape index (κ3) is 3.46. The Hall–Kier alpha value is -3.21. The predicted octanol–water partition coefficient (Wildman–Crippen LogP) is 3.12. The molecule has 3 aromatic rings. The van der Waals surface area contributed by atoms with Gasteiger partial charge in [0.25, 0.3) is 0 Å². The first-order valence-electron chi connectivity index (χ1n) is 6.80. The maximum atomic E-state index is 11.9. The highest BCUT2D eigenvalue weighted by Crippen LogP contribution is 2.18. The van der Waals surface area contributed by atoms with Crippen molar-refractivity contribution >= 4 is 17.7 Å². The van der Waals surface area contributed by atoms with Crippen LogP contribution < -0.4 is 5.32 Å². The van der Waals surface area contributed by atoms with Crippen LogP contribution in [0.4, 0.5) is 5.69 Å². The van der Waals surface area contributed by atoms with Gasteiger partial charge in [-0.3, -0.25) is 14.9 Å². The standard InChI is InChI=1S/C17H14N4O/c22-17(8-3-13-2-1-10-18-12-13)20-15-6-4-14(5-7-15)16-9-11-19-21-16/h1-12H,(H,19,21)(H,20,22)/b8-3+. The number of carbonyl (C=O) groups excluding carboxylic acids is 1. The Morgan fingerprint density at radius 1 is 1.09 bits per heavy atom. The molecule has 0 aliphatic carbocycles. The van der Waals surface area contributed by atoms with Gasteiger partial charge in [-0.15, -0.1) is 0 Å². The van der Waals surface area contributed by atoms with E-state index in [1.54, 1.807) is 24.7 Å². The molecule has 0 bridgehead atoms. The monoisotopic (exact) mass is 290 g/mol. The minimum atomic E-state index is -0.182. The number of nitrogens with zero attached hydrogens (tertiary/aromatic N) is 2. The second-order valence-corrected chi connectivity index (χ2v) is 4.66. The molecular formula is C17H14N4O. The molecule has 2 N–H and O–H groups in total. The van der Waals surface area contributed by atoms with Crippen LogP contribution in [-0.4, -0.2) is 21.1 Å². The van der Waals surface area contributed by atoms with E-state index in [0.29, 0.717) is 0 Å². The summed E-state index contributed by atoms with van der Waals surface area (Å²) in [4.78, 5) is 15.9. The molecule has 0 unspecified atom stereocenters. The van der Waals surface area contributed by atoms with Crippen LogP contribution in [0.1, 0.15) is 5.56 Å². The lowest BCUT2D eigenvalue weighted by Crippen LogP contribution is -2.07. The predicted molar refractivity (Wildman–Crippen MR) is 85.9 cm³/mol. The van der Waals surface area contributed by atoms with E-state index in [1.165, 1.54) is 6.08 Å². The molecule has 22 heavy (non-hydrogen) atoms. The minimum Gasteiger partial charge on any atom is -0.323 e. The Bertz CT molecular complexity index is 762. The topological polar surface area (TPSA) is 70.7 Å². The first-order valence-corrected chi connectivity index (χ1v) is 6.80. The van der Waals surface area contributed by atoms with Gasteiger partial charge in [-0.05, 0) is 41.5 Å². The van der Waals surface area contributed by atoms with Crippen LogP contribution in [0, 0.1) is 0 Å². The lowest BCUT2D eigenvalue weighted by molar-refractivity contribution is -0.111. The molecule has 0 fully saturated rings. The van der Waals surface area contributed by atoms with Gasteiger partial charge in [0, 0.05) is 30.4 Å². The molecule has 5 heteroatoms. The van der Waals surface area contributed by atoms with Crippen molar-refractivity contribution in [3.8, 4) is 11.3 Å². The largest absolute Gasteiger partial charge is 0.323 e. The van der Waals surface area contributed by atoms with Crippen molar-refractivity contribution in [2.45, 2.75) is 0 Å². The van der Waals surface area contributed by atoms with E-state index in [4.69, 9.17) is 0 Å². The molecule has 0 aliphatic rings. The van der Waals surface area contributed by atoms with Crippen molar-refractivity contribution in [2.75, 3.05) is 5.32 Å². The smallest absolute Gasteiger partial charge is 0.248 e. The highest BCUT2D eigenvalue weighted by molar-refractivity contribution is 6.01. The molecule has 0 spiro atoms. The summed E-state index contributed by atoms with van der Waals surface area (Å²) < 4.78 is 0. The molecule has 5 nitrogen and oxygen atoms in total. The summed E-state index contributed by atoms with van der Waals surface area (Å²) in [6, 6.07) is 13.2. The van der Waals surface area contributed by atoms with Crippen LogP contribution in [0.25, 0.3) is 17.3 Å². The van der Waals surface area contributed by atoms with Crippen LogP contribution in [0.2, 0.25) is 0 Å². The number of carbonyl (C=O) groups is 1. The number of hydrogen-bond donors (Lipinski definition) is 2. The van der Waals surface area contributed by atoms with Gasteiger partial charge in [0.2, 0.25) is 5.91 Å². The zero-order chi connectivity index (χ0) is 15.2. The van der Waals surface area contributed by atoms with Crippen LogP contribution >= 0.6 is 0 Å². The van der Waals surface area contributed by atoms with E-state index in [1.807, 2.05) is 42.5 Å². The quantitative estimate of drug-likeness (QED) is 0.725. The van der Waals surface area contributed by atoms with Gasteiger partial charge in [-0.25, -0.2) is 0 Å². The SMILES string of the molecule is O=C(/C=C/c1cccnc1)Nc1ccc(-c2ccn[nH]2)cc1. The molecule has 1 aromatic carbocycles. The van der Waals surface area contributed by atoms with Gasteiger partial charge < -0.3 is 5.32 Å². The fraction of sp³-hybridized carbons (Fsp3) is 0. The molecule has 0 radical (unpaired) electrons. The van der Waals surface area contributed by atoms with Gasteiger partial charge in [0.15, 0.2) is 0 Å². The third-order valence-corrected chi connectivity index (χ3v) is 3.08. The van der Waals surface area contributed by atoms with Crippen molar-refractivity contribution in [2.24, 2.45) is 0 Å². The average molecular weight is 290 g/mol. The Morgan fingerprint density at radius 2 is 1.95 bits per heavy atom. The molecule has 1 amide bonds. The third-order valence-electron chi connectivity index (χ3n) is 3.08. The molecule has 0 atom stereocenters. The molecule has 3 rings (SSSR count). The van der Waals surface area contributed by atoms with E-state index < -0.39 is 0 Å². The zero-order valence-corrected chi connectivity index (χ0v) is 11.7. The van der Waals surface area contributed by atoms with E-state index in [0.717, 1.165) is 22.5 Å². The Labute approximate surface area is 127 Å². The maximum Gasteiger partial charge on any atom is 0.248 e. The number of rotatable bonds is 4. The fourth-order valence-electron chi connectivity index (χ4n) is 1.98. The summed E-state index contributed by atoms with van der Waals surface area (Å²) in [5, 5.41) is 9.62. The van der Waals surface area contributed by atoms with Gasteiger partial charge in [0.1, 0.15) is 0 Å². The van der Waals surface area contributed by atoms with Crippen LogP contribution in [0.3, 0.4) is 0 Å². The summed E-state index contributed by atoms with van der Waals surface area (Å²) in [5.74, 6) is -0.182. The maximum absolute atomic E-state index is 11.9. The second kappa shape index (κ2) is 6.49. The molecule has 0 saturated heterocycles. The molecule has 0 saturated carbocycles. The molecular weight excluding hydrogens is 276 g/mol. The summed E-state index contributed by atoms with van der Waals surface area (Å²) in [6.07, 6.45) is 8.30. The number of aromatic nitrogens is 3. The summed E-state index contributed by atoms with van der Waals surface area (Å²) in [5.41, 5.74) is 3.58. The molecule has 0 aliphatic heterocycles. The number of aromatic amines is 1. The lowest BCUT2D eigenvalue weighted by atomic mass is 10.1. The molecule has 108 valence electrons. The number of benzene rings is 1. The normalized spacial score (nSPS) is 10.7. The summed E-state index contributed by atoms with van der Waals surface area (Å²) in [7, 11) is 0. The number of H-pyrrole nitrogens is 1. The van der Waals surface area contributed by atoms with Crippen molar-refractivity contribution in [3.63, 3.8) is 0 Å². The first-order chi connectivity index (χ1) is 10.8. The number of amides is 1. The summed E-state index contributed by atoms with van der Waals surface area (Å²) >= 11 is 0.